The number of nitrogens with one attached hydrogen (secondary N) is 1. The number of aliphatic hydroxyl groups is 1. The molecule has 2 unspecified atom stereocenters. The highest BCUT2D eigenvalue weighted by atomic mass is 28.3. The maximum atomic E-state index is 11.6. The zero-order valence-electron chi connectivity index (χ0n) is 16.5. The molecule has 6 nitrogen and oxygen atoms in total. The largest absolute Gasteiger partial charge is 0.444 e. The minimum atomic E-state index is -1.10. The Kier molecular flexibility index (Phi) is 10.8. The minimum absolute atomic E-state index is 0.0222. The molecule has 144 valence electrons. The van der Waals surface area contributed by atoms with Gasteiger partial charge in [0.1, 0.15) is 12.4 Å². The molecule has 0 aliphatic carbocycles. The van der Waals surface area contributed by atoms with E-state index < -0.39 is 19.8 Å². The number of carbonyl (C=O) groups is 1. The molecule has 2 atom stereocenters. The van der Waals surface area contributed by atoms with Gasteiger partial charge < -0.3 is 24.6 Å². The molecule has 0 bridgehead atoms. The third-order valence-corrected chi connectivity index (χ3v) is 5.09. The van der Waals surface area contributed by atoms with Crippen LogP contribution in [0.15, 0.2) is 0 Å². The highest BCUT2D eigenvalue weighted by Crippen LogP contribution is 2.12. The van der Waals surface area contributed by atoms with E-state index in [2.05, 4.69) is 25.0 Å². The summed E-state index contributed by atoms with van der Waals surface area (Å²) in [5, 5.41) is 12.1. The molecule has 0 rings (SSSR count). The van der Waals surface area contributed by atoms with Gasteiger partial charge in [0.2, 0.25) is 0 Å². The number of alkyl carbamates (subject to hydrolysis) is 1. The van der Waals surface area contributed by atoms with Gasteiger partial charge in [-0.3, -0.25) is 0 Å². The Morgan fingerprint density at radius 2 is 1.88 bits per heavy atom. The number of ether oxygens (including phenoxy) is 3. The lowest BCUT2D eigenvalue weighted by Crippen LogP contribution is -2.36. The second kappa shape index (κ2) is 11.1. The van der Waals surface area contributed by atoms with E-state index in [1.807, 2.05) is 27.7 Å². The van der Waals surface area contributed by atoms with Crippen molar-refractivity contribution in [2.24, 2.45) is 5.92 Å². The predicted octanol–water partition coefficient (Wildman–Crippen LogP) is 3.23. The third kappa shape index (κ3) is 13.8. The molecule has 7 heteroatoms. The monoisotopic (exact) mass is 363 g/mol. The summed E-state index contributed by atoms with van der Waals surface area (Å²) in [7, 11) is -1.10. The summed E-state index contributed by atoms with van der Waals surface area (Å²) in [6.45, 7) is 15.7. The molecule has 0 fully saturated rings. The van der Waals surface area contributed by atoms with Crippen LogP contribution in [0.2, 0.25) is 25.7 Å². The van der Waals surface area contributed by atoms with Crippen LogP contribution in [-0.4, -0.2) is 57.5 Å². The van der Waals surface area contributed by atoms with Crippen molar-refractivity contribution >= 4 is 14.2 Å². The Balaban J connectivity index is 4.08. The van der Waals surface area contributed by atoms with Gasteiger partial charge in [-0.05, 0) is 33.2 Å². The number of hydrogen-bond acceptors (Lipinski definition) is 5. The lowest BCUT2D eigenvalue weighted by Gasteiger charge is -2.24. The van der Waals surface area contributed by atoms with Crippen molar-refractivity contribution < 1.29 is 24.1 Å². The van der Waals surface area contributed by atoms with E-state index in [1.54, 1.807) is 0 Å². The van der Waals surface area contributed by atoms with Gasteiger partial charge >= 0.3 is 6.09 Å². The summed E-state index contributed by atoms with van der Waals surface area (Å²) in [6, 6.07) is 1.09. The second-order valence-electron chi connectivity index (χ2n) is 8.42. The van der Waals surface area contributed by atoms with Crippen molar-refractivity contribution in [3.05, 3.63) is 0 Å². The molecule has 0 saturated heterocycles. The average Bonchev–Trinajstić information content (AvgIpc) is 2.41. The molecule has 0 saturated carbocycles. The number of rotatable bonds is 11. The quantitative estimate of drug-likeness (QED) is 0.335. The van der Waals surface area contributed by atoms with Crippen LogP contribution in [-0.2, 0) is 14.2 Å². The Bertz CT molecular complexity index is 352. The van der Waals surface area contributed by atoms with Crippen LogP contribution in [0.1, 0.15) is 34.1 Å². The Labute approximate surface area is 148 Å². The van der Waals surface area contributed by atoms with Gasteiger partial charge in [0.05, 0.1) is 6.10 Å². The summed E-state index contributed by atoms with van der Waals surface area (Å²) in [6.07, 6.45) is -0.0145. The van der Waals surface area contributed by atoms with E-state index in [0.29, 0.717) is 19.6 Å². The fourth-order valence-corrected chi connectivity index (χ4v) is 2.61. The predicted molar refractivity (Wildman–Crippen MR) is 98.9 cm³/mol. The van der Waals surface area contributed by atoms with Crippen LogP contribution >= 0.6 is 0 Å². The standard InChI is InChI=1S/C17H37NO5Si/c1-14(12-19)15(22-13-21-10-11-24(5,6)7)8-9-18-16(20)23-17(2,3)4/h14-15,19H,8-13H2,1-7H3,(H,18,20). The first kappa shape index (κ1) is 23.4. The van der Waals surface area contributed by atoms with E-state index >= 15 is 0 Å². The summed E-state index contributed by atoms with van der Waals surface area (Å²) < 4.78 is 16.5. The molecular weight excluding hydrogens is 326 g/mol. The molecule has 0 aromatic carbocycles. The van der Waals surface area contributed by atoms with E-state index in [0.717, 1.165) is 6.04 Å². The molecule has 0 aromatic heterocycles. The second-order valence-corrected chi connectivity index (χ2v) is 14.0. The first-order valence-electron chi connectivity index (χ1n) is 8.71. The van der Waals surface area contributed by atoms with Gasteiger partial charge in [-0.2, -0.15) is 0 Å². The third-order valence-electron chi connectivity index (χ3n) is 3.38. The van der Waals surface area contributed by atoms with Crippen LogP contribution in [0.5, 0.6) is 0 Å². The Morgan fingerprint density at radius 1 is 1.25 bits per heavy atom. The van der Waals surface area contributed by atoms with Gasteiger partial charge in [0, 0.05) is 33.8 Å². The fraction of sp³-hybridized carbons (Fsp3) is 0.941. The zero-order valence-corrected chi connectivity index (χ0v) is 17.5. The number of amides is 1. The molecule has 0 aliphatic rings. The fourth-order valence-electron chi connectivity index (χ4n) is 1.85. The van der Waals surface area contributed by atoms with Gasteiger partial charge in [0.15, 0.2) is 0 Å². The van der Waals surface area contributed by atoms with Crippen molar-refractivity contribution in [3.63, 3.8) is 0 Å². The minimum Gasteiger partial charge on any atom is -0.444 e. The molecule has 0 radical (unpaired) electrons. The Hall–Kier alpha value is -0.633. The maximum Gasteiger partial charge on any atom is 0.407 e. The first-order valence-corrected chi connectivity index (χ1v) is 12.4. The summed E-state index contributed by atoms with van der Waals surface area (Å²) in [4.78, 5) is 11.6. The van der Waals surface area contributed by atoms with Crippen LogP contribution in [0.25, 0.3) is 0 Å². The van der Waals surface area contributed by atoms with Gasteiger partial charge in [-0.1, -0.05) is 26.6 Å². The normalized spacial score (nSPS) is 15.0. The smallest absolute Gasteiger partial charge is 0.407 e. The van der Waals surface area contributed by atoms with Crippen molar-refractivity contribution in [2.45, 2.75) is 71.5 Å². The molecule has 0 spiro atoms. The highest BCUT2D eigenvalue weighted by Gasteiger charge is 2.20. The Morgan fingerprint density at radius 3 is 2.38 bits per heavy atom. The topological polar surface area (TPSA) is 77.0 Å². The van der Waals surface area contributed by atoms with Gasteiger partial charge in [0.25, 0.3) is 0 Å². The number of hydrogen-bond donors (Lipinski definition) is 2. The average molecular weight is 364 g/mol. The molecule has 0 heterocycles. The van der Waals surface area contributed by atoms with Crippen LogP contribution in [0, 0.1) is 5.92 Å². The van der Waals surface area contributed by atoms with E-state index in [9.17, 15) is 9.90 Å². The lowest BCUT2D eigenvalue weighted by molar-refractivity contribution is -0.108. The molecule has 2 N–H and O–H groups in total. The summed E-state index contributed by atoms with van der Waals surface area (Å²) >= 11 is 0. The SMILES string of the molecule is CC(CO)C(CCNC(=O)OC(C)(C)C)OCOCC[Si](C)(C)C. The van der Waals surface area contributed by atoms with Crippen molar-refractivity contribution in [1.29, 1.82) is 0 Å². The van der Waals surface area contributed by atoms with Gasteiger partial charge in [-0.25, -0.2) is 4.79 Å². The highest BCUT2D eigenvalue weighted by molar-refractivity contribution is 6.76. The van der Waals surface area contributed by atoms with Crippen LogP contribution in [0.4, 0.5) is 4.79 Å². The van der Waals surface area contributed by atoms with Crippen molar-refractivity contribution in [3.8, 4) is 0 Å². The molecular formula is C17H37NO5Si. The zero-order chi connectivity index (χ0) is 18.8. The number of aliphatic hydroxyl groups excluding tert-OH is 1. The summed E-state index contributed by atoms with van der Waals surface area (Å²) in [5.74, 6) is -0.0222. The lowest BCUT2D eigenvalue weighted by atomic mass is 10.0. The van der Waals surface area contributed by atoms with E-state index in [4.69, 9.17) is 14.2 Å². The molecule has 0 aromatic rings. The molecule has 0 aliphatic heterocycles. The van der Waals surface area contributed by atoms with Crippen molar-refractivity contribution in [1.82, 2.24) is 5.32 Å². The van der Waals surface area contributed by atoms with E-state index in [1.165, 1.54) is 0 Å². The number of carbonyl (C=O) groups excluding carboxylic acids is 1. The van der Waals surface area contributed by atoms with Crippen LogP contribution < -0.4 is 5.32 Å². The molecule has 24 heavy (non-hydrogen) atoms. The maximum absolute atomic E-state index is 11.6. The summed E-state index contributed by atoms with van der Waals surface area (Å²) in [5.41, 5.74) is -0.511. The van der Waals surface area contributed by atoms with E-state index in [-0.39, 0.29) is 25.4 Å². The van der Waals surface area contributed by atoms with Crippen LogP contribution in [0.3, 0.4) is 0 Å². The molecule has 1 amide bonds. The first-order chi connectivity index (χ1) is 10.9. The van der Waals surface area contributed by atoms with Gasteiger partial charge in [-0.15, -0.1) is 0 Å². The van der Waals surface area contributed by atoms with Crippen molar-refractivity contribution in [2.75, 3.05) is 26.6 Å².